The first-order valence-corrected chi connectivity index (χ1v) is 6.63. The number of pyridine rings is 1. The van der Waals surface area contributed by atoms with Gasteiger partial charge in [-0.15, -0.1) is 0 Å². The summed E-state index contributed by atoms with van der Waals surface area (Å²) in [5.74, 6) is -0.768. The molecule has 2 heterocycles. The number of carbonyl (C=O) groups is 1. The van der Waals surface area contributed by atoms with Gasteiger partial charge in [-0.2, -0.15) is 13.2 Å². The minimum atomic E-state index is -4.55. The van der Waals surface area contributed by atoms with Gasteiger partial charge in [-0.1, -0.05) is 0 Å². The molecule has 1 aromatic heterocycles. The number of piperidine rings is 1. The van der Waals surface area contributed by atoms with Crippen LogP contribution in [0, 0.1) is 0 Å². The zero-order chi connectivity index (χ0) is 15.6. The van der Waals surface area contributed by atoms with Crippen LogP contribution in [0.1, 0.15) is 28.9 Å². The van der Waals surface area contributed by atoms with Crippen molar-refractivity contribution < 1.29 is 18.0 Å². The Bertz CT molecular complexity index is 533. The second-order valence-corrected chi connectivity index (χ2v) is 5.00. The molecule has 2 rings (SSSR count). The van der Waals surface area contributed by atoms with Gasteiger partial charge in [0.2, 0.25) is 0 Å². The average Bonchev–Trinajstić information content (AvgIpc) is 2.45. The average molecular weight is 302 g/mol. The third-order valence-corrected chi connectivity index (χ3v) is 3.56. The van der Waals surface area contributed by atoms with Crippen molar-refractivity contribution >= 4 is 11.7 Å². The van der Waals surface area contributed by atoms with Gasteiger partial charge in [0.05, 0.1) is 5.56 Å². The van der Waals surface area contributed by atoms with E-state index in [0.29, 0.717) is 13.1 Å². The standard InChI is InChI=1S/C13H17F3N4O/c1-18-8-3-2-6-20(7-8)12-9(11(17)21)4-5-10(19-12)13(14,15)16/h4-5,8,18H,2-3,6-7H2,1H3,(H2,17,21). The van der Waals surface area contributed by atoms with Gasteiger partial charge in [-0.05, 0) is 32.0 Å². The monoisotopic (exact) mass is 302 g/mol. The van der Waals surface area contributed by atoms with Gasteiger partial charge < -0.3 is 16.0 Å². The predicted molar refractivity (Wildman–Crippen MR) is 72.1 cm³/mol. The van der Waals surface area contributed by atoms with Crippen LogP contribution in [0.5, 0.6) is 0 Å². The first-order valence-electron chi connectivity index (χ1n) is 6.63. The van der Waals surface area contributed by atoms with Crippen LogP contribution in [0.3, 0.4) is 0 Å². The van der Waals surface area contributed by atoms with E-state index in [4.69, 9.17) is 5.73 Å². The van der Waals surface area contributed by atoms with Crippen molar-refractivity contribution in [1.82, 2.24) is 10.3 Å². The molecule has 3 N–H and O–H groups in total. The SMILES string of the molecule is CNC1CCCN(c2nc(C(F)(F)F)ccc2C(N)=O)C1. The Hall–Kier alpha value is -1.83. The van der Waals surface area contributed by atoms with Crippen LogP contribution in [0.2, 0.25) is 0 Å². The lowest BCUT2D eigenvalue weighted by Gasteiger charge is -2.34. The summed E-state index contributed by atoms with van der Waals surface area (Å²) in [6, 6.07) is 2.02. The van der Waals surface area contributed by atoms with Gasteiger partial charge in [-0.3, -0.25) is 4.79 Å². The molecule has 0 saturated carbocycles. The number of hydrogen-bond donors (Lipinski definition) is 2. The zero-order valence-corrected chi connectivity index (χ0v) is 11.6. The van der Waals surface area contributed by atoms with Crippen molar-refractivity contribution in [3.63, 3.8) is 0 Å². The smallest absolute Gasteiger partial charge is 0.365 e. The molecule has 5 nitrogen and oxygen atoms in total. The summed E-state index contributed by atoms with van der Waals surface area (Å²) < 4.78 is 38.4. The number of aromatic nitrogens is 1. The van der Waals surface area contributed by atoms with E-state index in [1.54, 1.807) is 11.9 Å². The van der Waals surface area contributed by atoms with Crippen LogP contribution in [-0.2, 0) is 6.18 Å². The van der Waals surface area contributed by atoms with Gasteiger partial charge >= 0.3 is 6.18 Å². The Morgan fingerprint density at radius 2 is 2.19 bits per heavy atom. The number of halogens is 3. The third kappa shape index (κ3) is 3.44. The second-order valence-electron chi connectivity index (χ2n) is 5.00. The van der Waals surface area contributed by atoms with Gasteiger partial charge in [0.25, 0.3) is 5.91 Å². The quantitative estimate of drug-likeness (QED) is 0.885. The van der Waals surface area contributed by atoms with E-state index in [0.717, 1.165) is 25.0 Å². The molecule has 1 unspecified atom stereocenters. The number of nitrogens with zero attached hydrogens (tertiary/aromatic N) is 2. The Balaban J connectivity index is 2.41. The maximum absolute atomic E-state index is 12.8. The maximum Gasteiger partial charge on any atom is 0.433 e. The maximum atomic E-state index is 12.8. The summed E-state index contributed by atoms with van der Waals surface area (Å²) >= 11 is 0. The number of alkyl halides is 3. The normalized spacial score (nSPS) is 19.6. The van der Waals surface area contributed by atoms with E-state index in [1.807, 2.05) is 0 Å². The minimum absolute atomic E-state index is 0.0114. The summed E-state index contributed by atoms with van der Waals surface area (Å²) in [7, 11) is 1.79. The molecule has 1 aliphatic rings. The topological polar surface area (TPSA) is 71.2 Å². The summed E-state index contributed by atoms with van der Waals surface area (Å²) in [6.45, 7) is 1.04. The third-order valence-electron chi connectivity index (χ3n) is 3.56. The number of hydrogen-bond acceptors (Lipinski definition) is 4. The molecular weight excluding hydrogens is 285 g/mol. The molecule has 0 spiro atoms. The Morgan fingerprint density at radius 1 is 1.48 bits per heavy atom. The molecule has 21 heavy (non-hydrogen) atoms. The van der Waals surface area contributed by atoms with E-state index in [1.165, 1.54) is 0 Å². The summed E-state index contributed by atoms with van der Waals surface area (Å²) in [4.78, 5) is 16.7. The number of nitrogens with one attached hydrogen (secondary N) is 1. The van der Waals surface area contributed by atoms with E-state index < -0.39 is 17.8 Å². The Morgan fingerprint density at radius 3 is 2.76 bits per heavy atom. The van der Waals surface area contributed by atoms with Crippen molar-refractivity contribution in [3.05, 3.63) is 23.4 Å². The highest BCUT2D eigenvalue weighted by molar-refractivity contribution is 5.97. The molecule has 1 fully saturated rings. The van der Waals surface area contributed by atoms with Crippen molar-refractivity contribution in [3.8, 4) is 0 Å². The first kappa shape index (κ1) is 15.6. The number of rotatable bonds is 3. The minimum Gasteiger partial charge on any atom is -0.365 e. The molecule has 8 heteroatoms. The molecule has 1 aliphatic heterocycles. The highest BCUT2D eigenvalue weighted by Crippen LogP contribution is 2.31. The molecule has 1 aromatic rings. The lowest BCUT2D eigenvalue weighted by molar-refractivity contribution is -0.141. The van der Waals surface area contributed by atoms with Crippen LogP contribution in [0.25, 0.3) is 0 Å². The van der Waals surface area contributed by atoms with Gasteiger partial charge in [0, 0.05) is 19.1 Å². The molecule has 116 valence electrons. The molecule has 0 aliphatic carbocycles. The molecular formula is C13H17F3N4O. The first-order chi connectivity index (χ1) is 9.82. The number of nitrogens with two attached hydrogens (primary N) is 1. The fraction of sp³-hybridized carbons (Fsp3) is 0.538. The molecule has 0 radical (unpaired) electrons. The van der Waals surface area contributed by atoms with Gasteiger partial charge in [-0.25, -0.2) is 4.98 Å². The zero-order valence-electron chi connectivity index (χ0n) is 11.6. The summed E-state index contributed by atoms with van der Waals surface area (Å²) in [5.41, 5.74) is 4.24. The summed E-state index contributed by atoms with van der Waals surface area (Å²) in [5, 5.41) is 3.09. The predicted octanol–water partition coefficient (Wildman–Crippen LogP) is 1.39. The number of anilines is 1. The fourth-order valence-electron chi connectivity index (χ4n) is 2.44. The van der Waals surface area contributed by atoms with E-state index in [-0.39, 0.29) is 17.4 Å². The second kappa shape index (κ2) is 5.88. The van der Waals surface area contributed by atoms with Crippen LogP contribution in [0.15, 0.2) is 12.1 Å². The van der Waals surface area contributed by atoms with Crippen molar-refractivity contribution in [1.29, 1.82) is 0 Å². The lowest BCUT2D eigenvalue weighted by atomic mass is 10.0. The molecule has 0 aromatic carbocycles. The molecule has 0 bridgehead atoms. The number of carbonyl (C=O) groups excluding carboxylic acids is 1. The highest BCUT2D eigenvalue weighted by Gasteiger charge is 2.34. The summed E-state index contributed by atoms with van der Waals surface area (Å²) in [6.07, 6.45) is -2.82. The van der Waals surface area contributed by atoms with Crippen LogP contribution in [-0.4, -0.2) is 37.1 Å². The van der Waals surface area contributed by atoms with Crippen molar-refractivity contribution in [2.75, 3.05) is 25.0 Å². The molecule has 1 saturated heterocycles. The fourth-order valence-corrected chi connectivity index (χ4v) is 2.44. The van der Waals surface area contributed by atoms with Crippen molar-refractivity contribution in [2.45, 2.75) is 25.1 Å². The number of amides is 1. The highest BCUT2D eigenvalue weighted by atomic mass is 19.4. The molecule has 1 atom stereocenters. The van der Waals surface area contributed by atoms with E-state index in [9.17, 15) is 18.0 Å². The van der Waals surface area contributed by atoms with E-state index >= 15 is 0 Å². The van der Waals surface area contributed by atoms with Crippen LogP contribution < -0.4 is 16.0 Å². The lowest BCUT2D eigenvalue weighted by Crippen LogP contribution is -2.45. The number of likely N-dealkylation sites (N-methyl/N-ethyl adjacent to an activating group) is 1. The van der Waals surface area contributed by atoms with Crippen LogP contribution >= 0.6 is 0 Å². The van der Waals surface area contributed by atoms with Gasteiger partial charge in [0.1, 0.15) is 11.5 Å². The Kier molecular flexibility index (Phi) is 4.36. The van der Waals surface area contributed by atoms with Crippen LogP contribution in [0.4, 0.5) is 19.0 Å². The Labute approximate surface area is 120 Å². The van der Waals surface area contributed by atoms with Crippen molar-refractivity contribution in [2.24, 2.45) is 5.73 Å². The largest absolute Gasteiger partial charge is 0.433 e. The molecule has 1 amide bonds. The van der Waals surface area contributed by atoms with E-state index in [2.05, 4.69) is 10.3 Å². The van der Waals surface area contributed by atoms with Gasteiger partial charge in [0.15, 0.2) is 0 Å². The number of primary amides is 1.